The molecule has 82 valence electrons. The van der Waals surface area contributed by atoms with Gasteiger partial charge in [-0.3, -0.25) is 0 Å². The molecule has 0 aliphatic rings. The van der Waals surface area contributed by atoms with E-state index in [0.717, 1.165) is 0 Å². The Hall–Kier alpha value is 5.95. The van der Waals surface area contributed by atoms with E-state index < -0.39 is 0 Å². The van der Waals surface area contributed by atoms with Crippen molar-refractivity contribution in [1.29, 1.82) is 0 Å². The van der Waals surface area contributed by atoms with E-state index in [1.807, 2.05) is 0 Å². The maximum Gasteiger partial charge on any atom is 0 e. The average molecular weight is 665 g/mol. The van der Waals surface area contributed by atoms with Gasteiger partial charge in [0.05, 0.1) is 0 Å². The molecule has 0 aliphatic carbocycles. The van der Waals surface area contributed by atoms with Crippen LogP contribution in [0.25, 0.3) is 0 Å². The second kappa shape index (κ2) is 82.2. The summed E-state index contributed by atoms with van der Waals surface area (Å²) in [6.45, 7) is 0. The minimum Gasteiger partial charge on any atom is 0 e. The summed E-state index contributed by atoms with van der Waals surface area (Å²) in [4.78, 5) is 0. The van der Waals surface area contributed by atoms with E-state index >= 15 is 0 Å². The zero-order valence-corrected chi connectivity index (χ0v) is 15.5. The molecule has 0 amide bonds. The van der Waals surface area contributed by atoms with E-state index in [1.165, 1.54) is 0 Å². The zero-order valence-electron chi connectivity index (χ0n) is 3.50. The molecule has 0 unspecified atom stereocenters. The minimum absolute atomic E-state index is 0. The van der Waals surface area contributed by atoms with Gasteiger partial charge in [0.1, 0.15) is 0 Å². The van der Waals surface area contributed by atoms with Crippen LogP contribution in [0, 0.1) is 38.2 Å². The minimum atomic E-state index is 0. The van der Waals surface area contributed by atoms with Crippen molar-refractivity contribution in [1.82, 2.24) is 0 Å². The van der Waals surface area contributed by atoms with E-state index in [2.05, 4.69) is 0 Å². The quantitative estimate of drug-likeness (QED) is 0.320. The molecule has 0 N–H and O–H groups in total. The molecule has 0 aromatic rings. The third kappa shape index (κ3) is 66.1. The summed E-state index contributed by atoms with van der Waals surface area (Å²) >= 11 is 0. The molecule has 0 bridgehead atoms. The first kappa shape index (κ1) is 101. The van der Waals surface area contributed by atoms with Crippen molar-refractivity contribution in [3.05, 3.63) is 0 Å². The molecule has 0 nitrogen and oxygen atoms in total. The zero-order chi connectivity index (χ0) is 0. The largest absolute Gasteiger partial charge is 0 e. The average Bonchev–Trinajstić information content (AvgIpc) is 0. The Balaban J connectivity index is 0. The van der Waals surface area contributed by atoms with Crippen molar-refractivity contribution in [2.75, 3.05) is 0 Å². The van der Waals surface area contributed by atoms with E-state index in [-0.39, 0.29) is 192 Å². The van der Waals surface area contributed by atoms with E-state index in [9.17, 15) is 0 Å². The van der Waals surface area contributed by atoms with Gasteiger partial charge in [0.2, 0.25) is 0 Å². The summed E-state index contributed by atoms with van der Waals surface area (Å²) in [6, 6.07) is 0. The predicted molar refractivity (Wildman–Crippen MR) is 0 cm³/mol. The topological polar surface area (TPSA) is 0 Å². The van der Waals surface area contributed by atoms with Gasteiger partial charge in [-0.15, -0.1) is 0 Å². The first-order valence-corrected chi connectivity index (χ1v) is 0. The molecule has 0 spiro atoms. The molecule has 10 heteroatoms. The summed E-state index contributed by atoms with van der Waals surface area (Å²) in [5.74, 6) is 0. The number of hydrogen-bond donors (Lipinski definition) is 0. The van der Waals surface area contributed by atoms with Gasteiger partial charge in [-0.1, -0.05) is 0 Å². The molecule has 0 saturated heterocycles. The Morgan fingerprint density at radius 3 is 0.200 bits per heavy atom. The molecule has 0 aliphatic heterocycles. The third-order valence-corrected chi connectivity index (χ3v) is 0. The van der Waals surface area contributed by atoms with Crippen LogP contribution in [0.2, 0.25) is 0 Å². The predicted octanol–water partition coefficient (Wildman–Crippen LogP) is -0.0225. The van der Waals surface area contributed by atoms with Crippen LogP contribution < -0.4 is 0 Å². The van der Waals surface area contributed by atoms with Gasteiger partial charge in [-0.25, -0.2) is 0 Å². The smallest absolute Gasteiger partial charge is 0 e. The van der Waals surface area contributed by atoms with Crippen molar-refractivity contribution in [2.45, 2.75) is 0 Å². The molecule has 0 heterocycles. The van der Waals surface area contributed by atoms with E-state index in [4.69, 9.17) is 0 Å². The Bertz CT molecular complexity index is 4.69. The van der Waals surface area contributed by atoms with Crippen LogP contribution in [-0.2, 0) is 154 Å². The number of hydrogen-bond acceptors (Lipinski definition) is 0. The first-order valence-electron chi connectivity index (χ1n) is 0. The van der Waals surface area contributed by atoms with Gasteiger partial charge in [0.15, 0.2) is 0 Å². The van der Waals surface area contributed by atoms with Crippen LogP contribution in [-0.4, -0.2) is 0 Å². The molecule has 0 atom stereocenters. The van der Waals surface area contributed by atoms with E-state index in [1.54, 1.807) is 0 Å². The molecule has 0 aromatic heterocycles. The summed E-state index contributed by atoms with van der Waals surface area (Å²) < 4.78 is 0. The van der Waals surface area contributed by atoms with Crippen molar-refractivity contribution in [3.63, 3.8) is 0 Å². The fraction of sp³-hybridized carbons (Fsp3) is 0. The molecular formula is DyFe9. The van der Waals surface area contributed by atoms with Crippen LogP contribution in [0.3, 0.4) is 0 Å². The van der Waals surface area contributed by atoms with Gasteiger partial charge < -0.3 is 0 Å². The maximum absolute atomic E-state index is 0. The van der Waals surface area contributed by atoms with Gasteiger partial charge in [0, 0.05) is 192 Å². The first-order chi connectivity index (χ1) is 0. The Kier molecular flexibility index (Phi) is 828. The summed E-state index contributed by atoms with van der Waals surface area (Å²) in [5, 5.41) is 0. The second-order valence-corrected chi connectivity index (χ2v) is 0. The SMILES string of the molecule is [Dy].[Fe].[Fe].[Fe].[Fe].[Fe].[Fe].[Fe].[Fe].[Fe]. The monoisotopic (exact) mass is 667 g/mol. The second-order valence-electron chi connectivity index (χ2n) is 0. The molecule has 10 heavy (non-hydrogen) atoms. The van der Waals surface area contributed by atoms with Gasteiger partial charge >= 0.3 is 0 Å². The fourth-order valence-electron chi connectivity index (χ4n) is 0. The normalized spacial score (nSPS) is 0. The number of rotatable bonds is 0. The third-order valence-electron chi connectivity index (χ3n) is 0. The van der Waals surface area contributed by atoms with Crippen LogP contribution in [0.5, 0.6) is 0 Å². The van der Waals surface area contributed by atoms with E-state index in [0.29, 0.717) is 0 Å². The Morgan fingerprint density at radius 1 is 0.200 bits per heavy atom. The van der Waals surface area contributed by atoms with Crippen LogP contribution in [0.15, 0.2) is 0 Å². The fourth-order valence-corrected chi connectivity index (χ4v) is 0. The standard InChI is InChI=1S/Dy.9Fe. The molecule has 0 fully saturated rings. The molecule has 0 radical (unpaired) electrons. The maximum atomic E-state index is 0. The summed E-state index contributed by atoms with van der Waals surface area (Å²) in [5.41, 5.74) is 0. The van der Waals surface area contributed by atoms with Crippen molar-refractivity contribution >= 4 is 0 Å². The van der Waals surface area contributed by atoms with Crippen LogP contribution in [0.1, 0.15) is 0 Å². The molecule has 0 rings (SSSR count). The van der Waals surface area contributed by atoms with Crippen molar-refractivity contribution in [3.8, 4) is 0 Å². The van der Waals surface area contributed by atoms with Crippen LogP contribution in [0.4, 0.5) is 0 Å². The Labute approximate surface area is 187 Å². The molecule has 0 aromatic carbocycles. The molecule has 0 saturated carbocycles. The van der Waals surface area contributed by atoms with Gasteiger partial charge in [-0.05, 0) is 0 Å². The van der Waals surface area contributed by atoms with Crippen LogP contribution >= 0.6 is 0 Å². The van der Waals surface area contributed by atoms with Gasteiger partial charge in [-0.2, -0.15) is 0 Å². The summed E-state index contributed by atoms with van der Waals surface area (Å²) in [6.07, 6.45) is 0. The Morgan fingerprint density at radius 2 is 0.200 bits per heavy atom. The summed E-state index contributed by atoms with van der Waals surface area (Å²) in [7, 11) is 0. The van der Waals surface area contributed by atoms with Crippen molar-refractivity contribution < 1.29 is 192 Å². The molecular weight excluding hydrogens is 665 g/mol. The van der Waals surface area contributed by atoms with Gasteiger partial charge in [0.25, 0.3) is 0 Å². The van der Waals surface area contributed by atoms with Crippen molar-refractivity contribution in [2.24, 2.45) is 0 Å².